The number of halogens is 3. The van der Waals surface area contributed by atoms with Crippen molar-refractivity contribution in [3.63, 3.8) is 0 Å². The molecule has 2 saturated heterocycles. The lowest BCUT2D eigenvalue weighted by Crippen LogP contribution is -2.49. The number of rotatable bonds is 8. The van der Waals surface area contributed by atoms with Gasteiger partial charge < -0.3 is 20.0 Å². The first-order valence-corrected chi connectivity index (χ1v) is 13.3. The minimum atomic E-state index is -4.80. The minimum Gasteiger partial charge on any atom is -0.382 e. The number of nitrogens with one attached hydrogen (secondary N) is 1. The minimum absolute atomic E-state index is 0.0542. The summed E-state index contributed by atoms with van der Waals surface area (Å²) in [6.45, 7) is 5.85. The van der Waals surface area contributed by atoms with Gasteiger partial charge in [-0.05, 0) is 62.4 Å². The van der Waals surface area contributed by atoms with Gasteiger partial charge in [-0.1, -0.05) is 13.3 Å². The van der Waals surface area contributed by atoms with E-state index in [1.807, 2.05) is 11.9 Å². The number of benzene rings is 1. The van der Waals surface area contributed by atoms with E-state index in [1.54, 1.807) is 0 Å². The summed E-state index contributed by atoms with van der Waals surface area (Å²) in [5.41, 5.74) is -1.98. The van der Waals surface area contributed by atoms with Crippen molar-refractivity contribution in [3.8, 4) is 0 Å². The number of hydrogen-bond donors (Lipinski definition) is 1. The Kier molecular flexibility index (Phi) is 9.97. The molecule has 0 aliphatic carbocycles. The molecule has 206 valence electrons. The third-order valence-corrected chi connectivity index (χ3v) is 7.77. The van der Waals surface area contributed by atoms with Crippen LogP contribution in [0.15, 0.2) is 18.2 Å². The number of thiocarbonyl (C=S) groups is 1. The van der Waals surface area contributed by atoms with Gasteiger partial charge in [-0.3, -0.25) is 14.9 Å². The van der Waals surface area contributed by atoms with Gasteiger partial charge in [0, 0.05) is 64.0 Å². The van der Waals surface area contributed by atoms with Gasteiger partial charge in [-0.2, -0.15) is 13.2 Å². The fourth-order valence-corrected chi connectivity index (χ4v) is 5.28. The Morgan fingerprint density at radius 1 is 1.16 bits per heavy atom. The number of carbonyl (C=O) groups excluding carboxylic acids is 1. The molecule has 0 unspecified atom stereocenters. The van der Waals surface area contributed by atoms with E-state index in [0.29, 0.717) is 38.3 Å². The Bertz CT molecular complexity index is 961. The number of amides is 1. The second kappa shape index (κ2) is 12.7. The molecule has 3 rings (SSSR count). The van der Waals surface area contributed by atoms with Crippen molar-refractivity contribution in [2.24, 2.45) is 5.92 Å². The van der Waals surface area contributed by atoms with Crippen LogP contribution in [-0.2, 0) is 11.0 Å². The summed E-state index contributed by atoms with van der Waals surface area (Å²) in [4.78, 5) is 28.4. The highest BCUT2D eigenvalue weighted by Crippen LogP contribution is 2.38. The van der Waals surface area contributed by atoms with Crippen molar-refractivity contribution in [1.82, 2.24) is 14.7 Å². The van der Waals surface area contributed by atoms with Crippen molar-refractivity contribution >= 4 is 34.6 Å². The van der Waals surface area contributed by atoms with Gasteiger partial charge in [0.15, 0.2) is 5.11 Å². The van der Waals surface area contributed by atoms with E-state index in [9.17, 15) is 28.1 Å². The fraction of sp³-hybridized carbons (Fsp3) is 0.680. The Hall–Kier alpha value is -2.63. The smallest absolute Gasteiger partial charge is 0.382 e. The molecule has 0 spiro atoms. The van der Waals surface area contributed by atoms with E-state index in [2.05, 4.69) is 22.0 Å². The van der Waals surface area contributed by atoms with Crippen LogP contribution in [0.25, 0.3) is 0 Å². The summed E-state index contributed by atoms with van der Waals surface area (Å²) in [7, 11) is 1.99. The number of alkyl halides is 3. The average molecular weight is 544 g/mol. The zero-order valence-electron chi connectivity index (χ0n) is 21.4. The molecule has 2 heterocycles. The van der Waals surface area contributed by atoms with Gasteiger partial charge in [0.05, 0.1) is 4.92 Å². The SMILES string of the molecule is CCCCC(=O)N1CCC(CN(C)C(=S)N2CCC(Nc3ccc([N+](=O)[O-])c(C(F)(F)F)c3)CC2)CC1. The average Bonchev–Trinajstić information content (AvgIpc) is 2.87. The molecule has 2 fully saturated rings. The lowest BCUT2D eigenvalue weighted by Gasteiger charge is -2.39. The van der Waals surface area contributed by atoms with E-state index in [4.69, 9.17) is 12.2 Å². The molecule has 12 heteroatoms. The summed E-state index contributed by atoms with van der Waals surface area (Å²) >= 11 is 5.72. The molecule has 1 N–H and O–H groups in total. The molecule has 0 saturated carbocycles. The van der Waals surface area contributed by atoms with Crippen LogP contribution >= 0.6 is 12.2 Å². The molecule has 2 aliphatic rings. The predicted octanol–water partition coefficient (Wildman–Crippen LogP) is 5.14. The van der Waals surface area contributed by atoms with E-state index in [1.165, 1.54) is 6.07 Å². The molecule has 1 amide bonds. The van der Waals surface area contributed by atoms with Crippen LogP contribution in [0.1, 0.15) is 57.4 Å². The van der Waals surface area contributed by atoms with Crippen LogP contribution in [0.3, 0.4) is 0 Å². The zero-order chi connectivity index (χ0) is 27.2. The highest BCUT2D eigenvalue weighted by atomic mass is 32.1. The van der Waals surface area contributed by atoms with Crippen molar-refractivity contribution in [3.05, 3.63) is 33.9 Å². The Morgan fingerprint density at radius 2 is 1.78 bits per heavy atom. The van der Waals surface area contributed by atoms with Gasteiger partial charge in [-0.15, -0.1) is 0 Å². The maximum atomic E-state index is 13.3. The largest absolute Gasteiger partial charge is 0.423 e. The zero-order valence-corrected chi connectivity index (χ0v) is 22.2. The molecule has 8 nitrogen and oxygen atoms in total. The van der Waals surface area contributed by atoms with Crippen LogP contribution in [0.4, 0.5) is 24.5 Å². The van der Waals surface area contributed by atoms with Crippen molar-refractivity contribution in [2.45, 2.75) is 64.1 Å². The van der Waals surface area contributed by atoms with E-state index < -0.39 is 22.4 Å². The van der Waals surface area contributed by atoms with Crippen LogP contribution in [-0.4, -0.2) is 76.5 Å². The van der Waals surface area contributed by atoms with Gasteiger partial charge in [0.2, 0.25) is 5.91 Å². The van der Waals surface area contributed by atoms with Crippen LogP contribution in [0.2, 0.25) is 0 Å². The molecular formula is C25H36F3N5O3S. The summed E-state index contributed by atoms with van der Waals surface area (Å²) < 4.78 is 39.8. The van der Waals surface area contributed by atoms with E-state index in [-0.39, 0.29) is 17.6 Å². The lowest BCUT2D eigenvalue weighted by atomic mass is 9.96. The maximum absolute atomic E-state index is 13.3. The number of piperidine rings is 2. The molecule has 2 aliphatic heterocycles. The van der Waals surface area contributed by atoms with Gasteiger partial charge in [0.25, 0.3) is 5.69 Å². The number of carbonyl (C=O) groups is 1. The third kappa shape index (κ3) is 7.93. The maximum Gasteiger partial charge on any atom is 0.423 e. The normalized spacial score (nSPS) is 17.5. The first-order valence-electron chi connectivity index (χ1n) is 12.9. The molecule has 0 bridgehead atoms. The number of nitrogens with zero attached hydrogens (tertiary/aromatic N) is 4. The van der Waals surface area contributed by atoms with Crippen molar-refractivity contribution in [1.29, 1.82) is 0 Å². The van der Waals surface area contributed by atoms with Crippen LogP contribution < -0.4 is 5.32 Å². The molecule has 0 atom stereocenters. The second-order valence-electron chi connectivity index (χ2n) is 9.98. The van der Waals surface area contributed by atoms with Gasteiger partial charge in [-0.25, -0.2) is 0 Å². The highest BCUT2D eigenvalue weighted by Gasteiger charge is 2.38. The lowest BCUT2D eigenvalue weighted by molar-refractivity contribution is -0.388. The Labute approximate surface area is 221 Å². The Balaban J connectivity index is 1.45. The first-order chi connectivity index (χ1) is 17.5. The first kappa shape index (κ1) is 28.9. The third-order valence-electron chi connectivity index (χ3n) is 7.20. The quantitative estimate of drug-likeness (QED) is 0.276. The second-order valence-corrected chi connectivity index (χ2v) is 10.3. The highest BCUT2D eigenvalue weighted by molar-refractivity contribution is 7.80. The van der Waals surface area contributed by atoms with Gasteiger partial charge in [0.1, 0.15) is 5.56 Å². The number of nitro benzene ring substituents is 1. The summed E-state index contributed by atoms with van der Waals surface area (Å²) in [5, 5.41) is 14.8. The number of unbranched alkanes of at least 4 members (excludes halogenated alkanes) is 1. The van der Waals surface area contributed by atoms with Crippen LogP contribution in [0, 0.1) is 16.0 Å². The summed E-state index contributed by atoms with van der Waals surface area (Å²) in [6.07, 6.45) is 1.08. The molecule has 1 aromatic rings. The molecule has 0 aromatic heterocycles. The van der Waals surface area contributed by atoms with Crippen LogP contribution in [0.5, 0.6) is 0 Å². The standard InChI is InChI=1S/C25H36F3N5O3S/c1-3-4-5-23(34)31-12-8-18(9-13-31)17-30(2)24(37)32-14-10-19(11-15-32)29-20-6-7-22(33(35)36)21(16-20)25(26,27)28/h6-7,16,18-19,29H,3-5,8-15,17H2,1-2H3. The van der Waals surface area contributed by atoms with E-state index in [0.717, 1.165) is 62.6 Å². The number of likely N-dealkylation sites (tertiary alicyclic amines) is 2. The number of anilines is 1. The number of hydrogen-bond acceptors (Lipinski definition) is 5. The summed E-state index contributed by atoms with van der Waals surface area (Å²) in [5.74, 6) is 0.728. The summed E-state index contributed by atoms with van der Waals surface area (Å²) in [6, 6.07) is 2.98. The topological polar surface area (TPSA) is 82.0 Å². The molecule has 1 aromatic carbocycles. The molecular weight excluding hydrogens is 507 g/mol. The Morgan fingerprint density at radius 3 is 2.35 bits per heavy atom. The van der Waals surface area contributed by atoms with Gasteiger partial charge >= 0.3 is 6.18 Å². The van der Waals surface area contributed by atoms with Crippen molar-refractivity contribution in [2.75, 3.05) is 45.1 Å². The van der Waals surface area contributed by atoms with Crippen molar-refractivity contribution < 1.29 is 22.9 Å². The molecule has 37 heavy (non-hydrogen) atoms. The fourth-order valence-electron chi connectivity index (χ4n) is 5.02. The molecule has 0 radical (unpaired) electrons. The monoisotopic (exact) mass is 543 g/mol. The number of nitro groups is 1. The predicted molar refractivity (Wildman–Crippen MR) is 140 cm³/mol. The van der Waals surface area contributed by atoms with E-state index >= 15 is 0 Å².